The zero-order valence-electron chi connectivity index (χ0n) is 55.0. The van der Waals surface area contributed by atoms with Gasteiger partial charge in [-0.1, -0.05) is 182 Å². The fourth-order valence-electron chi connectivity index (χ4n) is 7.43. The first-order valence-corrected chi connectivity index (χ1v) is 34.3. The molecule has 4 aromatic carbocycles. The van der Waals surface area contributed by atoms with Crippen LogP contribution in [0.25, 0.3) is 0 Å². The molecular formula is C68H93AlBNO15S6. The van der Waals surface area contributed by atoms with Crippen molar-refractivity contribution in [2.75, 3.05) is 39.6 Å². The van der Waals surface area contributed by atoms with Crippen LogP contribution in [0.2, 0.25) is 0 Å². The van der Waals surface area contributed by atoms with Crippen molar-refractivity contribution in [3.63, 3.8) is 0 Å². The van der Waals surface area contributed by atoms with Gasteiger partial charge in [-0.15, -0.1) is 23.5 Å². The molecule has 0 aliphatic rings. The van der Waals surface area contributed by atoms with E-state index in [0.717, 1.165) is 61.8 Å². The molecule has 0 aliphatic carbocycles. The fourth-order valence-corrected chi connectivity index (χ4v) is 12.7. The van der Waals surface area contributed by atoms with Crippen LogP contribution < -0.4 is 0 Å². The van der Waals surface area contributed by atoms with E-state index in [1.54, 1.807) is 95.0 Å². The zero-order valence-corrected chi connectivity index (χ0v) is 61.1. The van der Waals surface area contributed by atoms with Gasteiger partial charge in [-0.3, -0.25) is 19.2 Å². The molecule has 0 aromatic heterocycles. The first kappa shape index (κ1) is 89.1. The van der Waals surface area contributed by atoms with E-state index in [9.17, 15) is 39.0 Å². The SMILES string of the molecule is C=CC(=O)OC(C)(C)C.C=CC(=O)OCCO.CC(C)(C)OC(=O)C(C)(CCc1ccccc1)CC(SC(=S)SC(CC(C)(CCc1ccccc1)C(=O)OC(C)(C)C)C(=O)OCCO)C(=O)OCCO.S=C(SCc1ccccc1)SCc1ccccc1.[B].[NH]=[Al]. The molecule has 0 aliphatic heterocycles. The van der Waals surface area contributed by atoms with Crippen molar-refractivity contribution in [2.24, 2.45) is 10.8 Å². The van der Waals surface area contributed by atoms with Crippen LogP contribution in [0.15, 0.2) is 147 Å². The van der Waals surface area contributed by atoms with Crippen molar-refractivity contribution < 1.29 is 72.5 Å². The van der Waals surface area contributed by atoms with E-state index in [-0.39, 0.29) is 57.2 Å². The molecule has 4 atom stereocenters. The number of aliphatic hydroxyl groups excluding tert-OH is 3. The second-order valence-electron chi connectivity index (χ2n) is 23.4. The number of hydrogen-bond acceptors (Lipinski definition) is 22. The molecule has 4 radical (unpaired) electrons. The van der Waals surface area contributed by atoms with Crippen molar-refractivity contribution in [1.82, 2.24) is 0 Å². The topological polar surface area (TPSA) is 242 Å². The van der Waals surface area contributed by atoms with Crippen LogP contribution in [0.4, 0.5) is 0 Å². The van der Waals surface area contributed by atoms with Crippen LogP contribution in [0.5, 0.6) is 0 Å². The summed E-state index contributed by atoms with van der Waals surface area (Å²) in [4.78, 5) is 75.4. The van der Waals surface area contributed by atoms with Crippen LogP contribution in [0, 0.1) is 15.2 Å². The summed E-state index contributed by atoms with van der Waals surface area (Å²) in [5, 5.41) is 24.9. The quantitative estimate of drug-likeness (QED) is 0.0136. The van der Waals surface area contributed by atoms with Gasteiger partial charge in [0.2, 0.25) is 0 Å². The van der Waals surface area contributed by atoms with E-state index in [2.05, 4.69) is 66.4 Å². The Morgan fingerprint density at radius 3 is 1.04 bits per heavy atom. The van der Waals surface area contributed by atoms with E-state index in [0.29, 0.717) is 25.7 Å². The monoisotopic (exact) mass is 1390 g/mol. The Morgan fingerprint density at radius 1 is 0.478 bits per heavy atom. The number of hydrogen-bond donors (Lipinski definition) is 4. The minimum atomic E-state index is -1.16. The van der Waals surface area contributed by atoms with Gasteiger partial charge in [0.15, 0.2) is 0 Å². The van der Waals surface area contributed by atoms with Crippen molar-refractivity contribution in [3.05, 3.63) is 169 Å². The zero-order chi connectivity index (χ0) is 69.1. The normalized spacial score (nSPS) is 12.7. The molecule has 0 spiro atoms. The van der Waals surface area contributed by atoms with Gasteiger partial charge < -0.3 is 43.7 Å². The summed E-state index contributed by atoms with van der Waals surface area (Å²) in [5.74, 6) is -1.30. The summed E-state index contributed by atoms with van der Waals surface area (Å²) in [7, 11) is 0. The van der Waals surface area contributed by atoms with Gasteiger partial charge in [0, 0.05) is 32.1 Å². The molecule has 4 N–H and O–H groups in total. The Balaban J connectivity index is 0. The number of nitrogens with one attached hydrogen (secondary N) is 1. The van der Waals surface area contributed by atoms with Crippen molar-refractivity contribution in [2.45, 2.75) is 153 Å². The van der Waals surface area contributed by atoms with E-state index in [1.165, 1.54) is 11.1 Å². The van der Waals surface area contributed by atoms with Gasteiger partial charge in [-0.25, -0.2) is 9.59 Å². The number of rotatable bonds is 28. The molecule has 4 rings (SSSR count). The molecule has 92 heavy (non-hydrogen) atoms. The summed E-state index contributed by atoms with van der Waals surface area (Å²) < 4.78 is 38.5. The summed E-state index contributed by atoms with van der Waals surface area (Å²) >= 11 is 18.3. The number of thioether (sulfide) groups is 4. The second-order valence-corrected chi connectivity index (χ2v) is 30.1. The van der Waals surface area contributed by atoms with Crippen LogP contribution in [-0.2, 0) is 81.5 Å². The Hall–Kier alpha value is -4.96. The van der Waals surface area contributed by atoms with E-state index < -0.39 is 81.2 Å². The van der Waals surface area contributed by atoms with Crippen LogP contribution in [0.1, 0.15) is 124 Å². The van der Waals surface area contributed by atoms with E-state index in [4.69, 9.17) is 57.6 Å². The molecule has 4 unspecified atom stereocenters. The second kappa shape index (κ2) is 48.7. The van der Waals surface area contributed by atoms with E-state index in [1.807, 2.05) is 93.6 Å². The number of thiocarbonyl (C=S) groups is 2. The molecule has 0 saturated heterocycles. The summed E-state index contributed by atoms with van der Waals surface area (Å²) in [6.07, 6.45) is 3.94. The average molecular weight is 1390 g/mol. The molecule has 24 heteroatoms. The summed E-state index contributed by atoms with van der Waals surface area (Å²) in [6, 6.07) is 40.2. The average Bonchev–Trinajstić information content (AvgIpc) is 3.61. The van der Waals surface area contributed by atoms with Crippen molar-refractivity contribution in [3.8, 4) is 0 Å². The number of aliphatic hydroxyl groups is 3. The molecule has 16 nitrogen and oxygen atoms in total. The summed E-state index contributed by atoms with van der Waals surface area (Å²) in [6.45, 7) is 24.6. The third-order valence-electron chi connectivity index (χ3n) is 11.8. The van der Waals surface area contributed by atoms with Gasteiger partial charge in [-0.05, 0) is 137 Å². The maximum absolute atomic E-state index is 13.8. The maximum atomic E-state index is 13.8. The predicted molar refractivity (Wildman–Crippen MR) is 385 cm³/mol. The number of aryl methyl sites for hydroxylation is 2. The molecular weight excluding hydrogens is 1300 g/mol. The Bertz CT molecular complexity index is 2650. The Kier molecular flexibility index (Phi) is 47.2. The van der Waals surface area contributed by atoms with E-state index >= 15 is 0 Å². The third kappa shape index (κ3) is 43.1. The van der Waals surface area contributed by atoms with Crippen LogP contribution in [0.3, 0.4) is 0 Å². The molecule has 0 bridgehead atoms. The number of carbonyl (C=O) groups excluding carboxylic acids is 6. The Labute approximate surface area is 584 Å². The van der Waals surface area contributed by atoms with Gasteiger partial charge in [0.1, 0.15) is 54.2 Å². The molecule has 0 saturated carbocycles. The number of esters is 6. The first-order valence-electron chi connectivity index (χ1n) is 29.2. The molecule has 0 heterocycles. The Morgan fingerprint density at radius 2 is 0.772 bits per heavy atom. The van der Waals surface area contributed by atoms with Gasteiger partial charge in [0.25, 0.3) is 0 Å². The molecule has 0 amide bonds. The van der Waals surface area contributed by atoms with Crippen LogP contribution >= 0.6 is 71.5 Å². The van der Waals surface area contributed by atoms with Crippen molar-refractivity contribution in [1.29, 1.82) is 4.35 Å². The van der Waals surface area contributed by atoms with Crippen molar-refractivity contribution >= 4 is 139 Å². The van der Waals surface area contributed by atoms with Gasteiger partial charge in [0.05, 0.1) is 30.7 Å². The van der Waals surface area contributed by atoms with Gasteiger partial charge in [-0.2, -0.15) is 0 Å². The van der Waals surface area contributed by atoms with Crippen LogP contribution in [-0.4, -0.2) is 150 Å². The predicted octanol–water partition coefficient (Wildman–Crippen LogP) is 13.2. The number of carbonyl (C=O) groups is 6. The molecule has 502 valence electrons. The number of benzene rings is 4. The van der Waals surface area contributed by atoms with Gasteiger partial charge >= 0.3 is 56.3 Å². The third-order valence-corrected chi connectivity index (χ3v) is 17.5. The number of ether oxygens (including phenoxy) is 6. The fraction of sp³-hybridized carbons (Fsp3) is 0.471. The standard InChI is InChI=1S/C41H58O10S3.C15H14S3.C7H12O2.C5H8O3.Al.B.HN/c1-38(2,3)50-35(46)40(7,21-19-29-15-11-9-12-16-29)27-31(33(44)48-25-23-42)53-37(52)54-32(34(45)49-26-24-43)28-41(8,36(47)51-39(4,5)6)22-20-30-17-13-10-14-18-30;16-15(17-11-13-7-3-1-4-8-13)18-12-14-9-5-2-6-10-14;1-5-6(8)9-7(2,3)4;1-2-5(7)8-4-3-6;;;/h9-18,31-32,42-43H,19-28H2,1-8H3;1-10H,11-12H2;5H,1H2,2-4H3;2,6H,1,3-4H2;;;1H. The minimum absolute atomic E-state index is 0. The first-order chi connectivity index (χ1) is 42.8. The molecule has 4 aromatic rings. The summed E-state index contributed by atoms with van der Waals surface area (Å²) in [5.41, 5.74) is 0.363. The molecule has 0 fully saturated rings.